The summed E-state index contributed by atoms with van der Waals surface area (Å²) >= 11 is 5.58. The highest BCUT2D eigenvalue weighted by Crippen LogP contribution is 2.26. The van der Waals surface area contributed by atoms with Crippen molar-refractivity contribution in [3.63, 3.8) is 0 Å². The number of aromatic hydroxyl groups is 1. The SMILES string of the molecule is NC/C=C/c1cc(Cl)cc(F)c1O. The van der Waals surface area contributed by atoms with Gasteiger partial charge in [0.15, 0.2) is 11.6 Å². The minimum Gasteiger partial charge on any atom is -0.504 e. The summed E-state index contributed by atoms with van der Waals surface area (Å²) in [5.41, 5.74) is 5.54. The van der Waals surface area contributed by atoms with Crippen molar-refractivity contribution in [2.45, 2.75) is 0 Å². The summed E-state index contributed by atoms with van der Waals surface area (Å²) in [4.78, 5) is 0. The van der Waals surface area contributed by atoms with Crippen LogP contribution < -0.4 is 5.73 Å². The first-order valence-corrected chi connectivity index (χ1v) is 4.07. The van der Waals surface area contributed by atoms with Gasteiger partial charge in [-0.25, -0.2) is 4.39 Å². The Labute approximate surface area is 80.4 Å². The summed E-state index contributed by atoms with van der Waals surface area (Å²) in [6, 6.07) is 2.52. The summed E-state index contributed by atoms with van der Waals surface area (Å²) in [5, 5.41) is 9.47. The quantitative estimate of drug-likeness (QED) is 0.770. The van der Waals surface area contributed by atoms with Gasteiger partial charge in [-0.05, 0) is 12.1 Å². The number of phenolic OH excluding ortho intramolecular Hbond substituents is 1. The zero-order chi connectivity index (χ0) is 9.84. The monoisotopic (exact) mass is 201 g/mol. The summed E-state index contributed by atoms with van der Waals surface area (Å²) in [6.07, 6.45) is 3.12. The van der Waals surface area contributed by atoms with E-state index in [0.29, 0.717) is 12.1 Å². The van der Waals surface area contributed by atoms with E-state index in [-0.39, 0.29) is 5.02 Å². The Morgan fingerprint density at radius 1 is 1.54 bits per heavy atom. The van der Waals surface area contributed by atoms with Crippen LogP contribution in [0.4, 0.5) is 4.39 Å². The molecule has 0 saturated heterocycles. The Hall–Kier alpha value is -1.06. The lowest BCUT2D eigenvalue weighted by Crippen LogP contribution is -1.92. The van der Waals surface area contributed by atoms with Crippen molar-refractivity contribution < 1.29 is 9.50 Å². The largest absolute Gasteiger partial charge is 0.504 e. The fourth-order valence-electron chi connectivity index (χ4n) is 0.908. The van der Waals surface area contributed by atoms with E-state index in [1.807, 2.05) is 0 Å². The third kappa shape index (κ3) is 2.44. The zero-order valence-corrected chi connectivity index (χ0v) is 7.55. The number of phenols is 1. The van der Waals surface area contributed by atoms with Crippen LogP contribution in [0.3, 0.4) is 0 Å². The highest BCUT2D eigenvalue weighted by molar-refractivity contribution is 6.30. The maximum absolute atomic E-state index is 12.9. The van der Waals surface area contributed by atoms with E-state index < -0.39 is 11.6 Å². The fraction of sp³-hybridized carbons (Fsp3) is 0.111. The van der Waals surface area contributed by atoms with Crippen LogP contribution in [-0.4, -0.2) is 11.7 Å². The molecule has 0 radical (unpaired) electrons. The van der Waals surface area contributed by atoms with E-state index >= 15 is 0 Å². The average molecular weight is 202 g/mol. The highest BCUT2D eigenvalue weighted by atomic mass is 35.5. The molecule has 1 aromatic rings. The first-order chi connectivity index (χ1) is 6.15. The summed E-state index contributed by atoms with van der Waals surface area (Å²) in [6.45, 7) is 0.327. The molecule has 2 nitrogen and oxygen atoms in total. The highest BCUT2D eigenvalue weighted by Gasteiger charge is 2.05. The summed E-state index contributed by atoms with van der Waals surface area (Å²) in [5.74, 6) is -1.14. The molecule has 0 aromatic heterocycles. The maximum Gasteiger partial charge on any atom is 0.166 e. The molecule has 0 spiro atoms. The Morgan fingerprint density at radius 3 is 2.85 bits per heavy atom. The second-order valence-corrected chi connectivity index (χ2v) is 2.90. The van der Waals surface area contributed by atoms with Crippen molar-refractivity contribution in [2.24, 2.45) is 5.73 Å². The molecule has 0 aliphatic heterocycles. The van der Waals surface area contributed by atoms with Gasteiger partial charge in [0.2, 0.25) is 0 Å². The molecule has 0 amide bonds. The third-order valence-corrected chi connectivity index (χ3v) is 1.71. The molecule has 0 fully saturated rings. The minimum atomic E-state index is -0.732. The average Bonchev–Trinajstić information content (AvgIpc) is 2.09. The molecule has 0 unspecified atom stereocenters. The lowest BCUT2D eigenvalue weighted by molar-refractivity contribution is 0.431. The number of halogens is 2. The number of nitrogens with two attached hydrogens (primary N) is 1. The predicted molar refractivity (Wildman–Crippen MR) is 51.2 cm³/mol. The smallest absolute Gasteiger partial charge is 0.166 e. The van der Waals surface area contributed by atoms with E-state index in [1.165, 1.54) is 12.1 Å². The summed E-state index contributed by atoms with van der Waals surface area (Å²) < 4.78 is 12.9. The molecule has 3 N–H and O–H groups in total. The van der Waals surface area contributed by atoms with Crippen LogP contribution in [0.25, 0.3) is 6.08 Å². The van der Waals surface area contributed by atoms with E-state index in [4.69, 9.17) is 17.3 Å². The molecule has 1 rings (SSSR count). The van der Waals surface area contributed by atoms with Crippen LogP contribution in [0.1, 0.15) is 5.56 Å². The van der Waals surface area contributed by atoms with Gasteiger partial charge in [-0.15, -0.1) is 0 Å². The molecule has 0 aliphatic carbocycles. The van der Waals surface area contributed by atoms with E-state index in [0.717, 1.165) is 6.07 Å². The van der Waals surface area contributed by atoms with Crippen LogP contribution in [0.2, 0.25) is 5.02 Å². The Bertz CT molecular complexity index is 339. The molecular formula is C9H9ClFNO. The van der Waals surface area contributed by atoms with Crippen molar-refractivity contribution in [2.75, 3.05) is 6.54 Å². The standard InChI is InChI=1S/C9H9ClFNO/c10-7-4-6(2-1-3-12)9(13)8(11)5-7/h1-2,4-5,13H,3,12H2/b2-1+. The number of hydrogen-bond acceptors (Lipinski definition) is 2. The van der Waals surface area contributed by atoms with Crippen molar-refractivity contribution >= 4 is 17.7 Å². The van der Waals surface area contributed by atoms with Gasteiger partial charge in [-0.2, -0.15) is 0 Å². The molecule has 0 bridgehead atoms. The topological polar surface area (TPSA) is 46.2 Å². The van der Waals surface area contributed by atoms with Crippen LogP contribution in [0.5, 0.6) is 5.75 Å². The first-order valence-electron chi connectivity index (χ1n) is 3.69. The second-order valence-electron chi connectivity index (χ2n) is 2.46. The third-order valence-electron chi connectivity index (χ3n) is 1.49. The lowest BCUT2D eigenvalue weighted by atomic mass is 10.2. The van der Waals surface area contributed by atoms with Gasteiger partial charge < -0.3 is 10.8 Å². The molecule has 4 heteroatoms. The maximum atomic E-state index is 12.9. The summed E-state index contributed by atoms with van der Waals surface area (Å²) in [7, 11) is 0. The second kappa shape index (κ2) is 4.25. The van der Waals surface area contributed by atoms with Crippen molar-refractivity contribution in [3.05, 3.63) is 34.6 Å². The van der Waals surface area contributed by atoms with Crippen LogP contribution >= 0.6 is 11.6 Å². The molecular weight excluding hydrogens is 193 g/mol. The van der Waals surface area contributed by atoms with Gasteiger partial charge in [-0.1, -0.05) is 23.8 Å². The van der Waals surface area contributed by atoms with Crippen molar-refractivity contribution in [1.82, 2.24) is 0 Å². The zero-order valence-electron chi connectivity index (χ0n) is 6.80. The normalized spacial score (nSPS) is 11.0. The molecule has 1 aromatic carbocycles. The molecule has 0 atom stereocenters. The lowest BCUT2D eigenvalue weighted by Gasteiger charge is -2.01. The van der Waals surface area contributed by atoms with Gasteiger partial charge >= 0.3 is 0 Å². The van der Waals surface area contributed by atoms with E-state index in [1.54, 1.807) is 6.08 Å². The van der Waals surface area contributed by atoms with Crippen LogP contribution in [0, 0.1) is 5.82 Å². The number of rotatable bonds is 2. The van der Waals surface area contributed by atoms with Gasteiger partial charge in [0.25, 0.3) is 0 Å². The Morgan fingerprint density at radius 2 is 2.23 bits per heavy atom. The Balaban J connectivity index is 3.12. The number of benzene rings is 1. The molecule has 13 heavy (non-hydrogen) atoms. The van der Waals surface area contributed by atoms with E-state index in [9.17, 15) is 9.50 Å². The molecule has 0 saturated carbocycles. The van der Waals surface area contributed by atoms with Crippen molar-refractivity contribution in [3.8, 4) is 5.75 Å². The van der Waals surface area contributed by atoms with Gasteiger partial charge in [-0.3, -0.25) is 0 Å². The van der Waals surface area contributed by atoms with Gasteiger partial charge in [0, 0.05) is 17.1 Å². The molecule has 70 valence electrons. The van der Waals surface area contributed by atoms with E-state index in [2.05, 4.69) is 0 Å². The van der Waals surface area contributed by atoms with Crippen molar-refractivity contribution in [1.29, 1.82) is 0 Å². The van der Waals surface area contributed by atoms with Gasteiger partial charge in [0.1, 0.15) is 0 Å². The predicted octanol–water partition coefficient (Wildman–Crippen LogP) is 2.16. The number of hydrogen-bond donors (Lipinski definition) is 2. The minimum absolute atomic E-state index is 0.243. The fourth-order valence-corrected chi connectivity index (χ4v) is 1.12. The molecule has 0 heterocycles. The molecule has 0 aliphatic rings. The Kier molecular flexibility index (Phi) is 3.28. The first kappa shape index (κ1) is 10.0. The van der Waals surface area contributed by atoms with Crippen LogP contribution in [0.15, 0.2) is 18.2 Å². The van der Waals surface area contributed by atoms with Crippen LogP contribution in [-0.2, 0) is 0 Å². The van der Waals surface area contributed by atoms with Gasteiger partial charge in [0.05, 0.1) is 0 Å².